The van der Waals surface area contributed by atoms with Gasteiger partial charge < -0.3 is 14.6 Å². The molecule has 0 heterocycles. The van der Waals surface area contributed by atoms with Crippen LogP contribution in [0.4, 0.5) is 4.79 Å². The summed E-state index contributed by atoms with van der Waals surface area (Å²) >= 11 is 0. The fourth-order valence-corrected chi connectivity index (χ4v) is 3.68. The van der Waals surface area contributed by atoms with Crippen LogP contribution in [0.5, 0.6) is 5.75 Å². The van der Waals surface area contributed by atoms with Crippen molar-refractivity contribution in [3.63, 3.8) is 0 Å². The molecule has 154 valence electrons. The van der Waals surface area contributed by atoms with E-state index in [-0.39, 0.29) is 12.4 Å². The molecule has 0 aliphatic rings. The second kappa shape index (κ2) is 8.82. The van der Waals surface area contributed by atoms with E-state index in [2.05, 4.69) is 0 Å². The number of hydrogen-bond donors (Lipinski definition) is 1. The third-order valence-corrected chi connectivity index (χ3v) is 5.06. The van der Waals surface area contributed by atoms with Crippen LogP contribution in [0.1, 0.15) is 42.3 Å². The Morgan fingerprint density at radius 3 is 2.17 bits per heavy atom. The predicted molar refractivity (Wildman–Crippen MR) is 115 cm³/mol. The third-order valence-electron chi connectivity index (χ3n) is 5.06. The summed E-state index contributed by atoms with van der Waals surface area (Å²) in [6, 6.07) is 22.1. The molecule has 3 aromatic carbocycles. The number of carbonyl (C=O) groups excluding carboxylic acids is 1. The van der Waals surface area contributed by atoms with Crippen LogP contribution < -0.4 is 4.74 Å². The van der Waals surface area contributed by atoms with Crippen LogP contribution in [-0.4, -0.2) is 23.8 Å². The molecule has 0 unspecified atom stereocenters. The summed E-state index contributed by atoms with van der Waals surface area (Å²) in [5, 5.41) is 9.31. The maximum atomic E-state index is 12.6. The second-order valence-electron chi connectivity index (χ2n) is 7.30. The van der Waals surface area contributed by atoms with Crippen molar-refractivity contribution >= 4 is 12.1 Å². The molecule has 0 fully saturated rings. The smallest absolute Gasteiger partial charge is 0.462 e. The van der Waals surface area contributed by atoms with Crippen molar-refractivity contribution in [1.29, 1.82) is 0 Å². The van der Waals surface area contributed by atoms with E-state index in [0.717, 1.165) is 5.56 Å². The SMILES string of the molecule is CCOC(=O)c1ccccc1-c1cccc(OC(=O)O)c1C(C)(C)c1ccccc1. The fraction of sp³-hybridized carbons (Fsp3) is 0.200. The van der Waals surface area contributed by atoms with Gasteiger partial charge in [0.15, 0.2) is 0 Å². The highest BCUT2D eigenvalue weighted by Crippen LogP contribution is 2.44. The number of rotatable bonds is 6. The minimum absolute atomic E-state index is 0.229. The number of hydrogen-bond acceptors (Lipinski definition) is 4. The van der Waals surface area contributed by atoms with E-state index < -0.39 is 17.5 Å². The lowest BCUT2D eigenvalue weighted by Gasteiger charge is -2.30. The Hall–Kier alpha value is -3.60. The zero-order valence-electron chi connectivity index (χ0n) is 17.2. The molecule has 30 heavy (non-hydrogen) atoms. The molecule has 0 saturated heterocycles. The first-order valence-corrected chi connectivity index (χ1v) is 9.72. The molecule has 0 atom stereocenters. The minimum atomic E-state index is -1.39. The zero-order valence-corrected chi connectivity index (χ0v) is 17.2. The molecular formula is C25H24O5. The summed E-state index contributed by atoms with van der Waals surface area (Å²) in [5.74, 6) is -0.200. The quantitative estimate of drug-likeness (QED) is 0.408. The monoisotopic (exact) mass is 404 g/mol. The molecule has 0 amide bonds. The average Bonchev–Trinajstić information content (AvgIpc) is 2.74. The number of benzene rings is 3. The summed E-state index contributed by atoms with van der Waals surface area (Å²) in [6.45, 7) is 6.02. The average molecular weight is 404 g/mol. The first-order chi connectivity index (χ1) is 14.4. The van der Waals surface area contributed by atoms with Crippen LogP contribution >= 0.6 is 0 Å². The molecule has 0 aliphatic heterocycles. The molecule has 5 heteroatoms. The van der Waals surface area contributed by atoms with Crippen molar-refractivity contribution in [2.75, 3.05) is 6.61 Å². The van der Waals surface area contributed by atoms with Gasteiger partial charge in [0.05, 0.1) is 12.2 Å². The van der Waals surface area contributed by atoms with E-state index in [0.29, 0.717) is 22.3 Å². The molecule has 0 bridgehead atoms. The Labute approximate surface area is 175 Å². The standard InChI is InChI=1S/C25H24O5/c1-4-29-23(26)20-14-9-8-13-18(20)19-15-10-16-21(30-24(27)28)22(19)25(2,3)17-11-6-5-7-12-17/h5-16H,4H2,1-3H3,(H,27,28). The Morgan fingerprint density at radius 1 is 0.867 bits per heavy atom. The number of esters is 1. The summed E-state index contributed by atoms with van der Waals surface area (Å²) in [6.07, 6.45) is -1.39. The second-order valence-corrected chi connectivity index (χ2v) is 7.30. The van der Waals surface area contributed by atoms with Gasteiger partial charge in [0.2, 0.25) is 0 Å². The molecule has 3 rings (SSSR count). The fourth-order valence-electron chi connectivity index (χ4n) is 3.68. The first-order valence-electron chi connectivity index (χ1n) is 9.72. The molecule has 3 aromatic rings. The van der Waals surface area contributed by atoms with E-state index in [4.69, 9.17) is 9.47 Å². The lowest BCUT2D eigenvalue weighted by atomic mass is 9.74. The molecule has 0 radical (unpaired) electrons. The van der Waals surface area contributed by atoms with E-state index >= 15 is 0 Å². The van der Waals surface area contributed by atoms with Crippen LogP contribution in [0.3, 0.4) is 0 Å². The largest absolute Gasteiger partial charge is 0.511 e. The highest BCUT2D eigenvalue weighted by molar-refractivity contribution is 5.98. The topological polar surface area (TPSA) is 72.8 Å². The van der Waals surface area contributed by atoms with Gasteiger partial charge in [-0.1, -0.05) is 74.5 Å². The molecule has 5 nitrogen and oxygen atoms in total. The summed E-state index contributed by atoms with van der Waals surface area (Å²) in [7, 11) is 0. The molecule has 0 aromatic heterocycles. The van der Waals surface area contributed by atoms with Gasteiger partial charge in [-0.15, -0.1) is 0 Å². The first kappa shape index (κ1) is 21.1. The Balaban J connectivity index is 2.30. The van der Waals surface area contributed by atoms with Gasteiger partial charge in [-0.05, 0) is 35.7 Å². The Kier molecular flexibility index (Phi) is 6.21. The zero-order chi connectivity index (χ0) is 21.7. The maximum Gasteiger partial charge on any atom is 0.511 e. The molecule has 0 spiro atoms. The summed E-state index contributed by atoms with van der Waals surface area (Å²) in [4.78, 5) is 24.0. The Morgan fingerprint density at radius 2 is 1.50 bits per heavy atom. The van der Waals surface area contributed by atoms with Crippen LogP contribution in [0.2, 0.25) is 0 Å². The van der Waals surface area contributed by atoms with E-state index in [1.165, 1.54) is 0 Å². The number of carbonyl (C=O) groups is 2. The Bertz CT molecular complexity index is 1050. The van der Waals surface area contributed by atoms with Crippen molar-refractivity contribution in [3.05, 3.63) is 89.5 Å². The number of ether oxygens (including phenoxy) is 2. The van der Waals surface area contributed by atoms with Crippen LogP contribution in [0.15, 0.2) is 72.8 Å². The van der Waals surface area contributed by atoms with E-state index in [1.54, 1.807) is 31.2 Å². The van der Waals surface area contributed by atoms with Gasteiger partial charge in [0.1, 0.15) is 5.75 Å². The predicted octanol–water partition coefficient (Wildman–Crippen LogP) is 5.91. The normalized spacial score (nSPS) is 11.0. The van der Waals surface area contributed by atoms with Gasteiger partial charge in [-0.3, -0.25) is 0 Å². The lowest BCUT2D eigenvalue weighted by molar-refractivity contribution is 0.0527. The summed E-state index contributed by atoms with van der Waals surface area (Å²) in [5.41, 5.74) is 2.84. The minimum Gasteiger partial charge on any atom is -0.462 e. The van der Waals surface area contributed by atoms with E-state index in [1.807, 2.05) is 62.4 Å². The molecule has 1 N–H and O–H groups in total. The van der Waals surface area contributed by atoms with Gasteiger partial charge in [-0.2, -0.15) is 0 Å². The number of carboxylic acid groups (broad SMARTS) is 1. The molecule has 0 saturated carbocycles. The van der Waals surface area contributed by atoms with Gasteiger partial charge in [0.25, 0.3) is 0 Å². The van der Waals surface area contributed by atoms with Crippen molar-refractivity contribution < 1.29 is 24.2 Å². The van der Waals surface area contributed by atoms with Crippen LogP contribution in [0, 0.1) is 0 Å². The van der Waals surface area contributed by atoms with Gasteiger partial charge in [-0.25, -0.2) is 9.59 Å². The molecular weight excluding hydrogens is 380 g/mol. The van der Waals surface area contributed by atoms with Crippen LogP contribution in [0.25, 0.3) is 11.1 Å². The van der Waals surface area contributed by atoms with Gasteiger partial charge in [0, 0.05) is 11.0 Å². The molecule has 0 aliphatic carbocycles. The highest BCUT2D eigenvalue weighted by atomic mass is 16.7. The van der Waals surface area contributed by atoms with Crippen molar-refractivity contribution in [2.45, 2.75) is 26.2 Å². The third kappa shape index (κ3) is 4.20. The van der Waals surface area contributed by atoms with Crippen LogP contribution in [-0.2, 0) is 10.2 Å². The van der Waals surface area contributed by atoms with Crippen molar-refractivity contribution in [1.82, 2.24) is 0 Å². The van der Waals surface area contributed by atoms with Crippen molar-refractivity contribution in [2.24, 2.45) is 0 Å². The van der Waals surface area contributed by atoms with E-state index in [9.17, 15) is 14.7 Å². The lowest BCUT2D eigenvalue weighted by Crippen LogP contribution is -2.22. The maximum absolute atomic E-state index is 12.6. The summed E-state index contributed by atoms with van der Waals surface area (Å²) < 4.78 is 10.4. The van der Waals surface area contributed by atoms with Crippen molar-refractivity contribution in [3.8, 4) is 16.9 Å². The highest BCUT2D eigenvalue weighted by Gasteiger charge is 2.32. The van der Waals surface area contributed by atoms with Gasteiger partial charge >= 0.3 is 12.1 Å².